The summed E-state index contributed by atoms with van der Waals surface area (Å²) in [5, 5.41) is 6.85. The van der Waals surface area contributed by atoms with Crippen molar-refractivity contribution in [3.63, 3.8) is 0 Å². The quantitative estimate of drug-likeness (QED) is 0.611. The molecule has 1 N–H and O–H groups in total. The Kier molecular flexibility index (Phi) is 6.05. The monoisotopic (exact) mass is 401 g/mol. The normalized spacial score (nSPS) is 10.6. The van der Waals surface area contributed by atoms with Crippen molar-refractivity contribution < 1.29 is 18.8 Å². The van der Waals surface area contributed by atoms with Crippen LogP contribution >= 0.6 is 11.3 Å². The summed E-state index contributed by atoms with van der Waals surface area (Å²) in [5.74, 6) is -1.45. The molecule has 2 aromatic heterocycles. The third kappa shape index (κ3) is 4.20. The van der Waals surface area contributed by atoms with Gasteiger partial charge < -0.3 is 10.1 Å². The van der Waals surface area contributed by atoms with Crippen molar-refractivity contribution in [3.05, 3.63) is 57.4 Å². The Balaban J connectivity index is 1.83. The number of benzene rings is 1. The van der Waals surface area contributed by atoms with Crippen molar-refractivity contribution in [1.82, 2.24) is 9.72 Å². The zero-order chi connectivity index (χ0) is 20.1. The SMILES string of the molecule is CCOC(=O)c1cc(CC)sc1NC(=O)Cn1c(-c2ccccc2)noc1=O. The molecule has 8 nitrogen and oxygen atoms in total. The Morgan fingerprint density at radius 3 is 2.68 bits per heavy atom. The maximum atomic E-state index is 12.6. The number of hydrogen-bond acceptors (Lipinski definition) is 7. The molecule has 0 saturated carbocycles. The summed E-state index contributed by atoms with van der Waals surface area (Å²) in [7, 11) is 0. The standard InChI is InChI=1S/C19H19N3O5S/c1-3-13-10-14(18(24)26-4-2)17(28-13)20-15(23)11-22-16(21-27-19(22)25)12-8-6-5-7-9-12/h5-10H,3-4,11H2,1-2H3,(H,20,23). The molecule has 0 aliphatic rings. The molecule has 0 aliphatic carbocycles. The number of carbonyl (C=O) groups excluding carboxylic acids is 2. The minimum atomic E-state index is -0.736. The van der Waals surface area contributed by atoms with Gasteiger partial charge in [0.25, 0.3) is 0 Å². The van der Waals surface area contributed by atoms with Crippen LogP contribution in [0.15, 0.2) is 45.7 Å². The summed E-state index contributed by atoms with van der Waals surface area (Å²) in [6.45, 7) is 3.61. The lowest BCUT2D eigenvalue weighted by Gasteiger charge is -2.07. The van der Waals surface area contributed by atoms with E-state index in [-0.39, 0.29) is 19.0 Å². The van der Waals surface area contributed by atoms with E-state index in [4.69, 9.17) is 9.26 Å². The smallest absolute Gasteiger partial charge is 0.442 e. The van der Waals surface area contributed by atoms with Gasteiger partial charge >= 0.3 is 11.7 Å². The fraction of sp³-hybridized carbons (Fsp3) is 0.263. The number of thiophene rings is 1. The lowest BCUT2D eigenvalue weighted by molar-refractivity contribution is -0.116. The summed E-state index contributed by atoms with van der Waals surface area (Å²) in [6, 6.07) is 10.6. The summed E-state index contributed by atoms with van der Waals surface area (Å²) in [5.41, 5.74) is 0.954. The molecule has 9 heteroatoms. The van der Waals surface area contributed by atoms with Gasteiger partial charge in [0, 0.05) is 10.4 Å². The molecule has 146 valence electrons. The van der Waals surface area contributed by atoms with Crippen LogP contribution in [0.25, 0.3) is 11.4 Å². The topological polar surface area (TPSA) is 103 Å². The molecule has 0 radical (unpaired) electrons. The number of carbonyl (C=O) groups is 2. The van der Waals surface area contributed by atoms with Crippen LogP contribution in [0.2, 0.25) is 0 Å². The maximum Gasteiger partial charge on any atom is 0.442 e. The van der Waals surface area contributed by atoms with Crippen LogP contribution in [0.3, 0.4) is 0 Å². The molecule has 2 heterocycles. The van der Waals surface area contributed by atoms with Crippen LogP contribution in [-0.2, 0) is 22.5 Å². The molecule has 0 fully saturated rings. The minimum absolute atomic E-state index is 0.236. The van der Waals surface area contributed by atoms with Crippen molar-refractivity contribution in [2.45, 2.75) is 26.8 Å². The molecular weight excluding hydrogens is 382 g/mol. The van der Waals surface area contributed by atoms with Gasteiger partial charge in [-0.05, 0) is 19.4 Å². The molecule has 3 rings (SSSR count). The van der Waals surface area contributed by atoms with Gasteiger partial charge in [-0.2, -0.15) is 0 Å². The molecule has 0 spiro atoms. The summed E-state index contributed by atoms with van der Waals surface area (Å²) in [6.07, 6.45) is 0.718. The maximum absolute atomic E-state index is 12.6. The highest BCUT2D eigenvalue weighted by Crippen LogP contribution is 2.29. The van der Waals surface area contributed by atoms with Crippen LogP contribution < -0.4 is 11.1 Å². The first kappa shape index (κ1) is 19.6. The molecule has 1 aromatic carbocycles. The van der Waals surface area contributed by atoms with Gasteiger partial charge in [-0.1, -0.05) is 42.4 Å². The average Bonchev–Trinajstić information content (AvgIpc) is 3.26. The van der Waals surface area contributed by atoms with E-state index in [9.17, 15) is 14.4 Å². The number of nitrogens with zero attached hydrogens (tertiary/aromatic N) is 2. The van der Waals surface area contributed by atoms with Crippen molar-refractivity contribution in [2.24, 2.45) is 0 Å². The molecular formula is C19H19N3O5S. The molecule has 0 atom stereocenters. The number of hydrogen-bond donors (Lipinski definition) is 1. The van der Waals surface area contributed by atoms with Gasteiger partial charge in [-0.15, -0.1) is 11.3 Å². The highest BCUT2D eigenvalue weighted by molar-refractivity contribution is 7.16. The molecule has 0 bridgehead atoms. The van der Waals surface area contributed by atoms with Crippen molar-refractivity contribution in [1.29, 1.82) is 0 Å². The number of amides is 1. The van der Waals surface area contributed by atoms with Crippen LogP contribution in [-0.4, -0.2) is 28.2 Å². The second-order valence-corrected chi connectivity index (χ2v) is 6.94. The Bertz CT molecular complexity index is 1040. The Labute approximate surface area is 164 Å². The summed E-state index contributed by atoms with van der Waals surface area (Å²) >= 11 is 1.30. The first-order valence-corrected chi connectivity index (χ1v) is 9.56. The predicted molar refractivity (Wildman–Crippen MR) is 104 cm³/mol. The fourth-order valence-electron chi connectivity index (χ4n) is 2.58. The third-order valence-corrected chi connectivity index (χ3v) is 5.09. The predicted octanol–water partition coefficient (Wildman–Crippen LogP) is 2.94. The summed E-state index contributed by atoms with van der Waals surface area (Å²) < 4.78 is 10.9. The number of ether oxygens (including phenoxy) is 1. The molecule has 28 heavy (non-hydrogen) atoms. The Hall–Kier alpha value is -3.20. The van der Waals surface area contributed by atoms with Crippen LogP contribution in [0.5, 0.6) is 0 Å². The zero-order valence-corrected chi connectivity index (χ0v) is 16.2. The van der Waals surface area contributed by atoms with E-state index in [1.807, 2.05) is 13.0 Å². The highest BCUT2D eigenvalue weighted by atomic mass is 32.1. The Morgan fingerprint density at radius 2 is 2.00 bits per heavy atom. The second-order valence-electron chi connectivity index (χ2n) is 5.80. The van der Waals surface area contributed by atoms with Crippen molar-refractivity contribution in [3.8, 4) is 11.4 Å². The molecule has 1 amide bonds. The summed E-state index contributed by atoms with van der Waals surface area (Å²) in [4.78, 5) is 37.6. The van der Waals surface area contributed by atoms with E-state index < -0.39 is 17.6 Å². The zero-order valence-electron chi connectivity index (χ0n) is 15.4. The number of anilines is 1. The van der Waals surface area contributed by atoms with E-state index in [0.29, 0.717) is 16.1 Å². The lowest BCUT2D eigenvalue weighted by atomic mass is 10.2. The van der Waals surface area contributed by atoms with Crippen molar-refractivity contribution >= 4 is 28.2 Å². The van der Waals surface area contributed by atoms with Gasteiger partial charge in [-0.25, -0.2) is 14.2 Å². The Morgan fingerprint density at radius 1 is 1.25 bits per heavy atom. The largest absolute Gasteiger partial charge is 0.462 e. The highest BCUT2D eigenvalue weighted by Gasteiger charge is 2.21. The number of rotatable bonds is 7. The van der Waals surface area contributed by atoms with Crippen LogP contribution in [0, 0.1) is 0 Å². The molecule has 0 unspecified atom stereocenters. The van der Waals surface area contributed by atoms with E-state index in [1.54, 1.807) is 37.3 Å². The molecule has 3 aromatic rings. The van der Waals surface area contributed by atoms with Gasteiger partial charge in [-0.3, -0.25) is 9.32 Å². The van der Waals surface area contributed by atoms with Gasteiger partial charge in [0.05, 0.1) is 12.2 Å². The van der Waals surface area contributed by atoms with E-state index in [2.05, 4.69) is 10.5 Å². The first-order valence-electron chi connectivity index (χ1n) is 8.75. The van der Waals surface area contributed by atoms with E-state index in [0.717, 1.165) is 15.9 Å². The average molecular weight is 401 g/mol. The fourth-order valence-corrected chi connectivity index (χ4v) is 3.58. The van der Waals surface area contributed by atoms with Gasteiger partial charge in [0.2, 0.25) is 5.91 Å². The number of aryl methyl sites for hydroxylation is 1. The van der Waals surface area contributed by atoms with E-state index in [1.165, 1.54) is 11.3 Å². The number of aromatic nitrogens is 2. The third-order valence-electron chi connectivity index (χ3n) is 3.90. The number of nitrogens with one attached hydrogen (secondary N) is 1. The molecule has 0 aliphatic heterocycles. The van der Waals surface area contributed by atoms with Gasteiger partial charge in [0.15, 0.2) is 5.82 Å². The van der Waals surface area contributed by atoms with E-state index >= 15 is 0 Å². The van der Waals surface area contributed by atoms with Crippen LogP contribution in [0.4, 0.5) is 5.00 Å². The minimum Gasteiger partial charge on any atom is -0.462 e. The van der Waals surface area contributed by atoms with Crippen molar-refractivity contribution in [2.75, 3.05) is 11.9 Å². The molecule has 0 saturated heterocycles. The lowest BCUT2D eigenvalue weighted by Crippen LogP contribution is -2.25. The second kappa shape index (κ2) is 8.66. The van der Waals surface area contributed by atoms with Crippen LogP contribution in [0.1, 0.15) is 29.1 Å². The first-order chi connectivity index (χ1) is 13.5. The van der Waals surface area contributed by atoms with Gasteiger partial charge in [0.1, 0.15) is 11.5 Å². The number of esters is 1.